The summed E-state index contributed by atoms with van der Waals surface area (Å²) in [7, 11) is 0. The van der Waals surface area contributed by atoms with Crippen LogP contribution in [0.15, 0.2) is 33.2 Å². The van der Waals surface area contributed by atoms with Gasteiger partial charge in [-0.3, -0.25) is 10.1 Å². The predicted octanol–water partition coefficient (Wildman–Crippen LogP) is 2.41. The lowest BCUT2D eigenvalue weighted by molar-refractivity contribution is 0.0948. The second kappa shape index (κ2) is 3.75. The number of furan rings is 1. The van der Waals surface area contributed by atoms with Crippen LogP contribution >= 0.6 is 15.9 Å². The first-order valence-corrected chi connectivity index (χ1v) is 4.89. The van der Waals surface area contributed by atoms with Crippen LogP contribution in [0.1, 0.15) is 10.6 Å². The maximum Gasteiger partial charge on any atom is 0.300 e. The highest BCUT2D eigenvalue weighted by atomic mass is 79.9. The van der Waals surface area contributed by atoms with Gasteiger partial charge in [0.2, 0.25) is 0 Å². The van der Waals surface area contributed by atoms with Crippen molar-refractivity contribution in [3.8, 4) is 6.19 Å². The molecule has 0 aliphatic carbocycles. The van der Waals surface area contributed by atoms with Gasteiger partial charge >= 0.3 is 0 Å². The van der Waals surface area contributed by atoms with Crippen LogP contribution in [-0.4, -0.2) is 5.91 Å². The van der Waals surface area contributed by atoms with Gasteiger partial charge in [-0.15, -0.1) is 0 Å². The molecule has 1 aromatic heterocycles. The van der Waals surface area contributed by atoms with Crippen molar-refractivity contribution in [2.24, 2.45) is 0 Å². The minimum Gasteiger partial charge on any atom is -0.450 e. The molecule has 0 bridgehead atoms. The number of carbonyl (C=O) groups excluding carboxylic acids is 1. The third-order valence-corrected chi connectivity index (χ3v) is 2.51. The third kappa shape index (κ3) is 1.72. The standard InChI is InChI=1S/C10H5BrN2O2/c11-7-3-1-2-6-4-8(15-9(6)7)10(14)13-5-12/h1-4H,(H,13,14). The number of amides is 1. The summed E-state index contributed by atoms with van der Waals surface area (Å²) in [6, 6.07) is 7.07. The van der Waals surface area contributed by atoms with Crippen LogP contribution < -0.4 is 5.32 Å². The molecular weight excluding hydrogens is 260 g/mol. The Labute approximate surface area is 93.6 Å². The van der Waals surface area contributed by atoms with E-state index in [1.165, 1.54) is 0 Å². The van der Waals surface area contributed by atoms with Crippen LogP contribution in [0, 0.1) is 11.5 Å². The van der Waals surface area contributed by atoms with E-state index in [9.17, 15) is 4.79 Å². The summed E-state index contributed by atoms with van der Waals surface area (Å²) < 4.78 is 6.08. The molecule has 2 aromatic rings. The Morgan fingerprint density at radius 1 is 1.53 bits per heavy atom. The summed E-state index contributed by atoms with van der Waals surface area (Å²) in [5.41, 5.74) is 0.598. The third-order valence-electron chi connectivity index (χ3n) is 1.89. The fourth-order valence-electron chi connectivity index (χ4n) is 1.25. The number of hydrogen-bond acceptors (Lipinski definition) is 3. The average molecular weight is 265 g/mol. The van der Waals surface area contributed by atoms with Crippen LogP contribution in [0.2, 0.25) is 0 Å². The number of halogens is 1. The van der Waals surface area contributed by atoms with Gasteiger partial charge in [0.25, 0.3) is 5.91 Å². The van der Waals surface area contributed by atoms with Gasteiger partial charge < -0.3 is 4.42 Å². The number of hydrogen-bond donors (Lipinski definition) is 1. The highest BCUT2D eigenvalue weighted by Gasteiger charge is 2.12. The second-order valence-electron chi connectivity index (χ2n) is 2.83. The number of carbonyl (C=O) groups is 1. The van der Waals surface area contributed by atoms with Crippen LogP contribution in [-0.2, 0) is 0 Å². The van der Waals surface area contributed by atoms with Crippen molar-refractivity contribution in [1.29, 1.82) is 5.26 Å². The average Bonchev–Trinajstić information content (AvgIpc) is 2.63. The number of para-hydroxylation sites is 1. The molecule has 0 unspecified atom stereocenters. The van der Waals surface area contributed by atoms with Crippen molar-refractivity contribution < 1.29 is 9.21 Å². The quantitative estimate of drug-likeness (QED) is 0.636. The molecule has 0 aliphatic heterocycles. The van der Waals surface area contributed by atoms with Crippen molar-refractivity contribution in [2.45, 2.75) is 0 Å². The Morgan fingerprint density at radius 2 is 2.33 bits per heavy atom. The SMILES string of the molecule is N#CNC(=O)c1cc2cccc(Br)c2o1. The van der Waals surface area contributed by atoms with Crippen LogP contribution in [0.25, 0.3) is 11.0 Å². The normalized spacial score (nSPS) is 9.87. The Morgan fingerprint density at radius 3 is 3.00 bits per heavy atom. The molecular formula is C10H5BrN2O2. The molecule has 1 aromatic carbocycles. The Balaban J connectivity index is 2.53. The van der Waals surface area contributed by atoms with E-state index in [4.69, 9.17) is 9.68 Å². The molecule has 0 fully saturated rings. The van der Waals surface area contributed by atoms with Gasteiger partial charge in [-0.25, -0.2) is 0 Å². The molecule has 1 amide bonds. The maximum atomic E-state index is 11.3. The fourth-order valence-corrected chi connectivity index (χ4v) is 1.71. The number of nitriles is 1. The molecule has 1 heterocycles. The lowest BCUT2D eigenvalue weighted by Gasteiger charge is -1.91. The molecule has 0 radical (unpaired) electrons. The van der Waals surface area contributed by atoms with E-state index in [0.29, 0.717) is 5.58 Å². The molecule has 15 heavy (non-hydrogen) atoms. The number of fused-ring (bicyclic) bond motifs is 1. The number of nitrogens with one attached hydrogen (secondary N) is 1. The molecule has 2 rings (SSSR count). The highest BCUT2D eigenvalue weighted by molar-refractivity contribution is 9.10. The van der Waals surface area contributed by atoms with Gasteiger partial charge in [0.1, 0.15) is 5.58 Å². The smallest absolute Gasteiger partial charge is 0.300 e. The minimum absolute atomic E-state index is 0.124. The lowest BCUT2D eigenvalue weighted by Crippen LogP contribution is -2.16. The molecule has 0 saturated carbocycles. The molecule has 1 N–H and O–H groups in total. The van der Waals surface area contributed by atoms with Gasteiger partial charge in [0, 0.05) is 5.39 Å². The first kappa shape index (κ1) is 9.74. The summed E-state index contributed by atoms with van der Waals surface area (Å²) in [6.07, 6.45) is 1.55. The molecule has 0 aliphatic rings. The number of benzene rings is 1. The lowest BCUT2D eigenvalue weighted by atomic mass is 10.2. The van der Waals surface area contributed by atoms with E-state index in [2.05, 4.69) is 15.9 Å². The van der Waals surface area contributed by atoms with Gasteiger partial charge in [0.15, 0.2) is 12.0 Å². The number of nitrogens with zero attached hydrogens (tertiary/aromatic N) is 1. The van der Waals surface area contributed by atoms with Gasteiger partial charge in [-0.2, -0.15) is 5.26 Å². The molecule has 0 saturated heterocycles. The Hall–Kier alpha value is -1.80. The first-order chi connectivity index (χ1) is 7.22. The second-order valence-corrected chi connectivity index (χ2v) is 3.69. The van der Waals surface area contributed by atoms with Crippen molar-refractivity contribution in [3.05, 3.63) is 34.5 Å². The number of rotatable bonds is 1. The van der Waals surface area contributed by atoms with E-state index in [0.717, 1.165) is 9.86 Å². The molecule has 74 valence electrons. The Bertz CT molecular complexity index is 568. The van der Waals surface area contributed by atoms with E-state index >= 15 is 0 Å². The summed E-state index contributed by atoms with van der Waals surface area (Å²) in [4.78, 5) is 11.3. The molecule has 4 nitrogen and oxygen atoms in total. The molecule has 0 spiro atoms. The van der Waals surface area contributed by atoms with Crippen molar-refractivity contribution in [2.75, 3.05) is 0 Å². The van der Waals surface area contributed by atoms with Gasteiger partial charge in [0.05, 0.1) is 4.47 Å². The van der Waals surface area contributed by atoms with Crippen LogP contribution in [0.5, 0.6) is 0 Å². The summed E-state index contributed by atoms with van der Waals surface area (Å²) in [5, 5.41) is 11.1. The van der Waals surface area contributed by atoms with Crippen molar-refractivity contribution >= 4 is 32.8 Å². The van der Waals surface area contributed by atoms with Crippen LogP contribution in [0.3, 0.4) is 0 Å². The van der Waals surface area contributed by atoms with Crippen LogP contribution in [0.4, 0.5) is 0 Å². The van der Waals surface area contributed by atoms with Crippen molar-refractivity contribution in [1.82, 2.24) is 5.32 Å². The highest BCUT2D eigenvalue weighted by Crippen LogP contribution is 2.26. The summed E-state index contributed by atoms with van der Waals surface area (Å²) in [6.45, 7) is 0. The Kier molecular flexibility index (Phi) is 2.44. The minimum atomic E-state index is -0.541. The summed E-state index contributed by atoms with van der Waals surface area (Å²) >= 11 is 3.31. The topological polar surface area (TPSA) is 66.0 Å². The monoisotopic (exact) mass is 264 g/mol. The molecule has 0 atom stereocenters. The summed E-state index contributed by atoms with van der Waals surface area (Å²) in [5.74, 6) is -0.418. The zero-order valence-electron chi connectivity index (χ0n) is 7.45. The van der Waals surface area contributed by atoms with E-state index in [-0.39, 0.29) is 5.76 Å². The van der Waals surface area contributed by atoms with E-state index in [1.54, 1.807) is 12.3 Å². The zero-order valence-corrected chi connectivity index (χ0v) is 9.04. The van der Waals surface area contributed by atoms with Gasteiger partial charge in [-0.05, 0) is 28.1 Å². The fraction of sp³-hybridized carbons (Fsp3) is 0. The van der Waals surface area contributed by atoms with Crippen molar-refractivity contribution in [3.63, 3.8) is 0 Å². The molecule has 5 heteroatoms. The largest absolute Gasteiger partial charge is 0.450 e. The maximum absolute atomic E-state index is 11.3. The zero-order chi connectivity index (χ0) is 10.8. The first-order valence-electron chi connectivity index (χ1n) is 4.10. The van der Waals surface area contributed by atoms with E-state index in [1.807, 2.05) is 23.5 Å². The predicted molar refractivity (Wildman–Crippen MR) is 57.0 cm³/mol. The van der Waals surface area contributed by atoms with E-state index < -0.39 is 5.91 Å². The van der Waals surface area contributed by atoms with Gasteiger partial charge in [-0.1, -0.05) is 12.1 Å².